The molecule has 0 saturated carbocycles. The van der Waals surface area contributed by atoms with E-state index in [1.807, 2.05) is 0 Å². The Morgan fingerprint density at radius 2 is 1.57 bits per heavy atom. The van der Waals surface area contributed by atoms with E-state index in [4.69, 9.17) is 16.3 Å². The minimum atomic E-state index is -5.00. The van der Waals surface area contributed by atoms with E-state index < -0.39 is 42.2 Å². The zero-order chi connectivity index (χ0) is 28.7. The van der Waals surface area contributed by atoms with Gasteiger partial charge < -0.3 is 15.0 Å². The Balaban J connectivity index is 1.41. The van der Waals surface area contributed by atoms with Crippen LogP contribution in [0.25, 0.3) is 0 Å². The summed E-state index contributed by atoms with van der Waals surface area (Å²) in [5.74, 6) is 0.278. The van der Waals surface area contributed by atoms with Gasteiger partial charge in [0.15, 0.2) is 12.1 Å². The molecule has 5 rings (SSSR count). The van der Waals surface area contributed by atoms with Crippen molar-refractivity contribution in [3.63, 3.8) is 0 Å². The van der Waals surface area contributed by atoms with Crippen molar-refractivity contribution in [3.05, 3.63) is 62.5 Å². The molecule has 2 atom stereocenters. The standard InChI is InChI=1S/C26H31ClF6N5O2/c27-22-13-23(37-7-3-19(4-8-37)36-5-1-2-6-36)40-24-20(14-34-15-35-24)21(38(22)39)11-16-9-17(25(28,29)30)12-18(10-16)26(31,32)33/h9-10,12-13,19,21,23,34-35H,1-8,11,14-15H2/q+1. The molecule has 14 heteroatoms. The van der Waals surface area contributed by atoms with Crippen molar-refractivity contribution < 1.29 is 35.8 Å². The van der Waals surface area contributed by atoms with Crippen LogP contribution >= 0.6 is 11.6 Å². The molecule has 2 fully saturated rings. The summed E-state index contributed by atoms with van der Waals surface area (Å²) in [6, 6.07) is 0.631. The van der Waals surface area contributed by atoms with E-state index in [2.05, 4.69) is 20.4 Å². The number of nitroso groups, excluding NO2 is 1. The van der Waals surface area contributed by atoms with Gasteiger partial charge in [-0.2, -0.15) is 26.3 Å². The lowest BCUT2D eigenvalue weighted by Gasteiger charge is -2.40. The second kappa shape index (κ2) is 11.5. The van der Waals surface area contributed by atoms with Crippen LogP contribution in [0.3, 0.4) is 0 Å². The van der Waals surface area contributed by atoms with Gasteiger partial charge in [-0.05, 0) is 74.1 Å². The van der Waals surface area contributed by atoms with Crippen LogP contribution < -0.4 is 10.6 Å². The van der Waals surface area contributed by atoms with E-state index >= 15 is 0 Å². The number of nitrogens with one attached hydrogen (secondary N) is 2. The molecule has 40 heavy (non-hydrogen) atoms. The smallest absolute Gasteiger partial charge is 0.416 e. The summed E-state index contributed by atoms with van der Waals surface area (Å²) in [6.07, 6.45) is -5.36. The maximum atomic E-state index is 13.5. The van der Waals surface area contributed by atoms with Gasteiger partial charge in [-0.15, -0.1) is 0 Å². The highest BCUT2D eigenvalue weighted by atomic mass is 35.5. The predicted molar refractivity (Wildman–Crippen MR) is 135 cm³/mol. The number of halogens is 7. The summed E-state index contributed by atoms with van der Waals surface area (Å²) in [5.41, 5.74) is -2.80. The van der Waals surface area contributed by atoms with E-state index in [0.29, 0.717) is 35.2 Å². The van der Waals surface area contributed by atoms with Crippen molar-refractivity contribution in [1.29, 1.82) is 0 Å². The highest BCUT2D eigenvalue weighted by Crippen LogP contribution is 2.37. The molecule has 0 aromatic heterocycles. The second-order valence-electron chi connectivity index (χ2n) is 10.6. The van der Waals surface area contributed by atoms with Crippen LogP contribution in [-0.4, -0.2) is 72.3 Å². The third kappa shape index (κ3) is 6.42. The lowest BCUT2D eigenvalue weighted by atomic mass is 9.94. The Morgan fingerprint density at radius 1 is 0.950 bits per heavy atom. The molecular formula is C26H31ClF6N5O2+. The average Bonchev–Trinajstić information content (AvgIpc) is 3.45. The molecule has 4 aliphatic rings. The van der Waals surface area contributed by atoms with Crippen LogP contribution in [0.1, 0.15) is 42.4 Å². The fourth-order valence-corrected chi connectivity index (χ4v) is 6.14. The maximum absolute atomic E-state index is 13.5. The Bertz CT molecular complexity index is 1140. The van der Waals surface area contributed by atoms with Gasteiger partial charge in [0.2, 0.25) is 6.04 Å². The third-order valence-corrected chi connectivity index (χ3v) is 8.28. The summed E-state index contributed by atoms with van der Waals surface area (Å²) >= 11 is 6.43. The van der Waals surface area contributed by atoms with Gasteiger partial charge in [-0.3, -0.25) is 10.2 Å². The molecule has 0 aliphatic carbocycles. The van der Waals surface area contributed by atoms with Crippen LogP contribution in [0.5, 0.6) is 0 Å². The first kappa shape index (κ1) is 29.2. The van der Waals surface area contributed by atoms with Crippen molar-refractivity contribution in [2.45, 2.75) is 62.8 Å². The van der Waals surface area contributed by atoms with Gasteiger partial charge in [-0.25, -0.2) is 0 Å². The van der Waals surface area contributed by atoms with E-state index in [9.17, 15) is 31.2 Å². The summed E-state index contributed by atoms with van der Waals surface area (Å²) in [4.78, 5) is 18.1. The molecular weight excluding hydrogens is 564 g/mol. The van der Waals surface area contributed by atoms with E-state index in [1.54, 1.807) is 0 Å². The van der Waals surface area contributed by atoms with Gasteiger partial charge >= 0.3 is 17.5 Å². The molecule has 2 unspecified atom stereocenters. The fraction of sp³-hybridized carbons (Fsp3) is 0.615. The molecule has 4 heterocycles. The van der Waals surface area contributed by atoms with E-state index in [0.717, 1.165) is 39.0 Å². The molecule has 0 spiro atoms. The number of alkyl halides is 6. The van der Waals surface area contributed by atoms with Gasteiger partial charge in [-0.1, -0.05) is 0 Å². The van der Waals surface area contributed by atoms with Crippen LogP contribution in [0.2, 0.25) is 0 Å². The van der Waals surface area contributed by atoms with Crippen molar-refractivity contribution >= 4 is 11.6 Å². The quantitative estimate of drug-likeness (QED) is 0.298. The number of hydrogen-bond donors (Lipinski definition) is 2. The largest absolute Gasteiger partial charge is 0.456 e. The molecule has 2 N–H and O–H groups in total. The van der Waals surface area contributed by atoms with Crippen molar-refractivity contribution in [1.82, 2.24) is 20.4 Å². The topological polar surface area (TPSA) is 59.9 Å². The zero-order valence-electron chi connectivity index (χ0n) is 21.6. The van der Waals surface area contributed by atoms with Gasteiger partial charge in [0.1, 0.15) is 0 Å². The van der Waals surface area contributed by atoms with Crippen LogP contribution in [0, 0.1) is 4.91 Å². The first-order chi connectivity index (χ1) is 18.9. The Hall–Kier alpha value is -2.35. The zero-order valence-corrected chi connectivity index (χ0v) is 22.4. The van der Waals surface area contributed by atoms with Crippen LogP contribution in [-0.2, 0) is 23.5 Å². The molecule has 2 saturated heterocycles. The summed E-state index contributed by atoms with van der Waals surface area (Å²) in [5, 5.41) is 5.84. The first-order valence-corrected chi connectivity index (χ1v) is 13.7. The summed E-state index contributed by atoms with van der Waals surface area (Å²) in [6.45, 7) is 4.11. The molecule has 1 aromatic carbocycles. The maximum Gasteiger partial charge on any atom is 0.416 e. The second-order valence-corrected chi connectivity index (χ2v) is 11.0. The fourth-order valence-electron chi connectivity index (χ4n) is 5.92. The minimum absolute atomic E-state index is 0.0680. The third-order valence-electron chi connectivity index (χ3n) is 7.99. The molecule has 220 valence electrons. The van der Waals surface area contributed by atoms with Crippen LogP contribution in [0.4, 0.5) is 26.3 Å². The van der Waals surface area contributed by atoms with Crippen molar-refractivity contribution in [3.8, 4) is 0 Å². The highest BCUT2D eigenvalue weighted by Gasteiger charge is 2.43. The summed E-state index contributed by atoms with van der Waals surface area (Å²) < 4.78 is 87.4. The van der Waals surface area contributed by atoms with E-state index in [-0.39, 0.29) is 29.2 Å². The van der Waals surface area contributed by atoms with Gasteiger partial charge in [0.25, 0.3) is 0 Å². The summed E-state index contributed by atoms with van der Waals surface area (Å²) in [7, 11) is 0. The lowest BCUT2D eigenvalue weighted by molar-refractivity contribution is -0.521. The van der Waals surface area contributed by atoms with Gasteiger partial charge in [0, 0.05) is 37.0 Å². The molecule has 0 radical (unpaired) electrons. The van der Waals surface area contributed by atoms with Crippen molar-refractivity contribution in [2.75, 3.05) is 39.4 Å². The number of rotatable bonds is 4. The number of nitrogens with zero attached hydrogens (tertiary/aromatic N) is 3. The number of piperidine rings is 1. The van der Waals surface area contributed by atoms with Gasteiger partial charge in [0.05, 0.1) is 34.2 Å². The van der Waals surface area contributed by atoms with E-state index in [1.165, 1.54) is 18.9 Å². The number of ether oxygens (including phenoxy) is 1. The number of benzene rings is 1. The Morgan fingerprint density at radius 3 is 2.17 bits per heavy atom. The minimum Gasteiger partial charge on any atom is -0.456 e. The van der Waals surface area contributed by atoms with Crippen LogP contribution in [0.15, 0.2) is 40.9 Å². The predicted octanol–water partition coefficient (Wildman–Crippen LogP) is 4.77. The monoisotopic (exact) mass is 594 g/mol. The van der Waals surface area contributed by atoms with Crippen molar-refractivity contribution in [2.24, 2.45) is 0 Å². The molecule has 4 aliphatic heterocycles. The molecule has 0 amide bonds. The first-order valence-electron chi connectivity index (χ1n) is 13.3. The lowest BCUT2D eigenvalue weighted by Crippen LogP contribution is -2.50. The average molecular weight is 595 g/mol. The number of hydrogen-bond acceptors (Lipinski definition) is 6. The normalized spacial score (nSPS) is 26.1. The molecule has 1 aromatic rings. The molecule has 7 nitrogen and oxygen atoms in total. The molecule has 0 bridgehead atoms. The Labute approximate surface area is 232 Å². The SMILES string of the molecule is O=[N+]1C(Cl)=CC(N2CCC(N3CCCC3)CC2)OC2=C(CNCN2)C1Cc1cc(C(F)(F)F)cc(C(F)(F)F)c1. The Kier molecular flexibility index (Phi) is 8.38. The number of likely N-dealkylation sites (tertiary alicyclic amines) is 2. The highest BCUT2D eigenvalue weighted by molar-refractivity contribution is 6.28.